The number of rotatable bonds is 9. The number of carbonyl (C=O) groups is 1. The summed E-state index contributed by atoms with van der Waals surface area (Å²) in [4.78, 5) is 21.1. The largest absolute Gasteiger partial charge is 0.495 e. The van der Waals surface area contributed by atoms with Gasteiger partial charge in [-0.15, -0.1) is 0 Å². The van der Waals surface area contributed by atoms with Gasteiger partial charge in [0, 0.05) is 51.1 Å². The monoisotopic (exact) mass is 547 g/mol. The molecule has 1 fully saturated rings. The lowest BCUT2D eigenvalue weighted by Gasteiger charge is -2.29. The molecule has 12 heteroatoms. The Labute approximate surface area is 226 Å². The smallest absolute Gasteiger partial charge is 0.327 e. The molecule has 1 heterocycles. The number of methoxy groups -OCH3 is 2. The van der Waals surface area contributed by atoms with Crippen LogP contribution >= 0.6 is 23.2 Å². The first-order chi connectivity index (χ1) is 17.8. The molecule has 1 aliphatic rings. The Bertz CT molecular complexity index is 1150. The molecule has 2 amide bonds. The van der Waals surface area contributed by atoms with Gasteiger partial charge in [-0.25, -0.2) is 9.79 Å². The van der Waals surface area contributed by atoms with Gasteiger partial charge in [0.25, 0.3) is 0 Å². The fourth-order valence-electron chi connectivity index (χ4n) is 3.62. The zero-order valence-electron chi connectivity index (χ0n) is 21.0. The third-order valence-electron chi connectivity index (χ3n) is 5.60. The van der Waals surface area contributed by atoms with Crippen molar-refractivity contribution in [1.82, 2.24) is 15.5 Å². The zero-order chi connectivity index (χ0) is 26.9. The Hall–Kier alpha value is -3.60. The molecular formula is C25H31Cl2N7O3. The van der Waals surface area contributed by atoms with Crippen molar-refractivity contribution in [3.05, 3.63) is 65.1 Å². The first kappa shape index (κ1) is 28.0. The van der Waals surface area contributed by atoms with Gasteiger partial charge in [0.15, 0.2) is 0 Å². The molecule has 0 bridgehead atoms. The number of nitrogens with two attached hydrogens (primary N) is 1. The van der Waals surface area contributed by atoms with Crippen molar-refractivity contribution in [2.45, 2.75) is 0 Å². The molecule has 5 N–H and O–H groups in total. The molecule has 0 radical (unpaired) electrons. The molecule has 0 saturated carbocycles. The number of amides is 2. The molecule has 0 spiro atoms. The summed E-state index contributed by atoms with van der Waals surface area (Å²) in [5.74, 6) is 1.08. The van der Waals surface area contributed by atoms with E-state index in [0.29, 0.717) is 23.0 Å². The molecule has 37 heavy (non-hydrogen) atoms. The molecule has 0 atom stereocenters. The quantitative estimate of drug-likeness (QED) is 0.275. The molecular weight excluding hydrogens is 517 g/mol. The van der Waals surface area contributed by atoms with Gasteiger partial charge in [-0.3, -0.25) is 4.90 Å². The number of nitrogens with zero attached hydrogens (tertiary/aromatic N) is 3. The van der Waals surface area contributed by atoms with E-state index in [9.17, 15) is 4.79 Å². The summed E-state index contributed by atoms with van der Waals surface area (Å²) in [5, 5.41) is 9.17. The van der Waals surface area contributed by atoms with Gasteiger partial charge in [0.1, 0.15) is 33.2 Å². The standard InChI is InChI=1S/C25H31Cl2N7O3/c1-5-30-21(15-20(28)31-16-6-8-17(9-7-16)34-12-10-29-11-13-34)33(2)25(35)32-24-22(26)18(36-3)14-19(37-4)23(24)27/h5-9,14-15,29-30H,1,10-13H2,2-4H3,(H2,28,31)(H,32,35). The summed E-state index contributed by atoms with van der Waals surface area (Å²) < 4.78 is 10.5. The van der Waals surface area contributed by atoms with Crippen molar-refractivity contribution >= 4 is 52.1 Å². The van der Waals surface area contributed by atoms with Gasteiger partial charge in [-0.2, -0.15) is 0 Å². The molecule has 1 saturated heterocycles. The number of piperazine rings is 1. The average molecular weight is 548 g/mol. The molecule has 198 valence electrons. The first-order valence-electron chi connectivity index (χ1n) is 11.4. The lowest BCUT2D eigenvalue weighted by atomic mass is 10.2. The molecule has 3 rings (SSSR count). The molecule has 2 aromatic rings. The highest BCUT2D eigenvalue weighted by Gasteiger charge is 2.22. The summed E-state index contributed by atoms with van der Waals surface area (Å²) in [6, 6.07) is 8.79. The lowest BCUT2D eigenvalue weighted by Crippen LogP contribution is -2.43. The highest BCUT2D eigenvalue weighted by molar-refractivity contribution is 6.41. The van der Waals surface area contributed by atoms with Crippen LogP contribution in [0.5, 0.6) is 11.5 Å². The van der Waals surface area contributed by atoms with Crippen LogP contribution in [0, 0.1) is 0 Å². The molecule has 0 unspecified atom stereocenters. The van der Waals surface area contributed by atoms with Crippen molar-refractivity contribution in [2.24, 2.45) is 10.7 Å². The maximum atomic E-state index is 13.1. The van der Waals surface area contributed by atoms with E-state index < -0.39 is 6.03 Å². The number of halogens is 2. The number of carbonyl (C=O) groups excluding carboxylic acids is 1. The predicted octanol–water partition coefficient (Wildman–Crippen LogP) is 4.15. The van der Waals surface area contributed by atoms with E-state index in [1.165, 1.54) is 44.5 Å². The molecule has 2 aromatic carbocycles. The topological polar surface area (TPSA) is 116 Å². The lowest BCUT2D eigenvalue weighted by molar-refractivity contribution is 0.230. The predicted molar refractivity (Wildman–Crippen MR) is 151 cm³/mol. The maximum absolute atomic E-state index is 13.1. The number of urea groups is 1. The van der Waals surface area contributed by atoms with Crippen molar-refractivity contribution in [3.8, 4) is 11.5 Å². The Balaban J connectivity index is 1.79. The number of ether oxygens (including phenoxy) is 2. The SMILES string of the molecule is C=CNC(=CC(N)=Nc1ccc(N2CCNCC2)cc1)N(C)C(=O)Nc1c(Cl)c(OC)cc(OC)c1Cl. The van der Waals surface area contributed by atoms with Crippen molar-refractivity contribution < 1.29 is 14.3 Å². The van der Waals surface area contributed by atoms with Gasteiger partial charge >= 0.3 is 6.03 Å². The second-order valence-corrected chi connectivity index (χ2v) is 8.70. The normalized spacial score (nSPS) is 14.1. The van der Waals surface area contributed by atoms with Gasteiger partial charge in [-0.1, -0.05) is 29.8 Å². The van der Waals surface area contributed by atoms with Crippen molar-refractivity contribution in [1.29, 1.82) is 0 Å². The minimum atomic E-state index is -0.562. The van der Waals surface area contributed by atoms with Crippen molar-refractivity contribution in [2.75, 3.05) is 57.7 Å². The van der Waals surface area contributed by atoms with E-state index in [-0.39, 0.29) is 21.6 Å². The van der Waals surface area contributed by atoms with Gasteiger partial charge in [0.2, 0.25) is 0 Å². The van der Waals surface area contributed by atoms with Crippen LogP contribution in [0.4, 0.5) is 21.9 Å². The number of amidine groups is 1. The highest BCUT2D eigenvalue weighted by atomic mass is 35.5. The number of benzene rings is 2. The van der Waals surface area contributed by atoms with Crippen LogP contribution in [-0.4, -0.2) is 64.2 Å². The third-order valence-corrected chi connectivity index (χ3v) is 6.35. The number of hydrogen-bond acceptors (Lipinski definition) is 7. The molecule has 0 aromatic heterocycles. The Morgan fingerprint density at radius 3 is 2.30 bits per heavy atom. The van der Waals surface area contributed by atoms with Gasteiger partial charge < -0.3 is 36.1 Å². The van der Waals surface area contributed by atoms with E-state index >= 15 is 0 Å². The number of nitrogens with one attached hydrogen (secondary N) is 3. The fourth-order valence-corrected chi connectivity index (χ4v) is 4.21. The fraction of sp³-hybridized carbons (Fsp3) is 0.280. The second-order valence-electron chi connectivity index (χ2n) is 7.94. The second kappa shape index (κ2) is 13.1. The summed E-state index contributed by atoms with van der Waals surface area (Å²) in [7, 11) is 4.43. The minimum Gasteiger partial charge on any atom is -0.495 e. The first-order valence-corrected chi connectivity index (χ1v) is 12.2. The van der Waals surface area contributed by atoms with E-state index in [2.05, 4.69) is 32.4 Å². The number of aliphatic imine (C=N–C) groups is 1. The molecule has 1 aliphatic heterocycles. The summed E-state index contributed by atoms with van der Waals surface area (Å²) in [5.41, 5.74) is 8.13. The van der Waals surface area contributed by atoms with Crippen LogP contribution in [0.2, 0.25) is 10.0 Å². The van der Waals surface area contributed by atoms with Crippen LogP contribution in [0.1, 0.15) is 0 Å². The van der Waals surface area contributed by atoms with Crippen LogP contribution < -0.4 is 36.1 Å². The summed E-state index contributed by atoms with van der Waals surface area (Å²) in [6.45, 7) is 7.50. The van der Waals surface area contributed by atoms with Crippen LogP contribution in [0.3, 0.4) is 0 Å². The van der Waals surface area contributed by atoms with E-state index in [0.717, 1.165) is 31.9 Å². The van der Waals surface area contributed by atoms with E-state index in [4.69, 9.17) is 38.4 Å². The van der Waals surface area contributed by atoms with E-state index in [1.807, 2.05) is 24.3 Å². The zero-order valence-corrected chi connectivity index (χ0v) is 22.5. The minimum absolute atomic E-state index is 0.127. The Kier molecular flexibility index (Phi) is 9.90. The molecule has 0 aliphatic carbocycles. The van der Waals surface area contributed by atoms with Crippen molar-refractivity contribution in [3.63, 3.8) is 0 Å². The third kappa shape index (κ3) is 7.00. The molecule has 10 nitrogen and oxygen atoms in total. The summed E-state index contributed by atoms with van der Waals surface area (Å²) >= 11 is 12.8. The average Bonchev–Trinajstić information content (AvgIpc) is 2.91. The maximum Gasteiger partial charge on any atom is 0.327 e. The number of hydrogen-bond donors (Lipinski definition) is 4. The van der Waals surface area contributed by atoms with E-state index in [1.54, 1.807) is 0 Å². The van der Waals surface area contributed by atoms with Crippen LogP contribution in [0.15, 0.2) is 60.0 Å². The van der Waals surface area contributed by atoms with Gasteiger partial charge in [0.05, 0.1) is 25.6 Å². The Morgan fingerprint density at radius 1 is 1.16 bits per heavy atom. The van der Waals surface area contributed by atoms with Crippen LogP contribution in [0.25, 0.3) is 0 Å². The highest BCUT2D eigenvalue weighted by Crippen LogP contribution is 2.44. The van der Waals surface area contributed by atoms with Crippen LogP contribution in [-0.2, 0) is 0 Å². The number of anilines is 2. The van der Waals surface area contributed by atoms with Gasteiger partial charge in [-0.05, 0) is 30.5 Å². The Morgan fingerprint density at radius 2 is 1.76 bits per heavy atom. The summed E-state index contributed by atoms with van der Waals surface area (Å²) in [6.07, 6.45) is 2.93.